The molecule has 0 aromatic carbocycles. The Morgan fingerprint density at radius 3 is 2.18 bits per heavy atom. The van der Waals surface area contributed by atoms with Crippen molar-refractivity contribution in [2.24, 2.45) is 0 Å². The van der Waals surface area contributed by atoms with E-state index >= 15 is 0 Å². The molecule has 1 heterocycles. The van der Waals surface area contributed by atoms with Crippen LogP contribution < -0.4 is 4.84 Å². The number of aromatic nitrogens is 1. The predicted molar refractivity (Wildman–Crippen MR) is 32.4 cm³/mol. The molecule has 0 aliphatic rings. The van der Waals surface area contributed by atoms with Crippen LogP contribution in [0.4, 0.5) is 4.79 Å². The number of nitrogens with zero attached hydrogens (tertiary/aromatic N) is 1. The Bertz CT molecular complexity index is 259. The zero-order valence-corrected chi connectivity index (χ0v) is 5.26. The smallest absolute Gasteiger partial charge is 0.492 e. The molecule has 6 nitrogen and oxygen atoms in total. The number of hydrogen-bond donors (Lipinski definition) is 3. The standard InChI is InChI=1S/C5H5NO5/c7-3-1-2-4(8)6(3)11-5(9)10/h1-2,7-8H,(H,9,10). The maximum absolute atomic E-state index is 9.91. The van der Waals surface area contributed by atoms with Gasteiger partial charge in [-0.05, 0) is 0 Å². The van der Waals surface area contributed by atoms with Crippen LogP contribution in [0.25, 0.3) is 0 Å². The van der Waals surface area contributed by atoms with Gasteiger partial charge in [0, 0.05) is 12.1 Å². The van der Waals surface area contributed by atoms with Gasteiger partial charge in [-0.1, -0.05) is 0 Å². The topological polar surface area (TPSA) is 91.9 Å². The van der Waals surface area contributed by atoms with Crippen molar-refractivity contribution in [3.8, 4) is 11.8 Å². The summed E-state index contributed by atoms with van der Waals surface area (Å²) in [6, 6.07) is 2.19. The van der Waals surface area contributed by atoms with Gasteiger partial charge >= 0.3 is 6.16 Å². The van der Waals surface area contributed by atoms with E-state index in [9.17, 15) is 4.79 Å². The average molecular weight is 159 g/mol. The van der Waals surface area contributed by atoms with Crippen LogP contribution in [0.3, 0.4) is 0 Å². The molecule has 0 fully saturated rings. The van der Waals surface area contributed by atoms with E-state index in [1.54, 1.807) is 0 Å². The lowest BCUT2D eigenvalue weighted by molar-refractivity contribution is 0.0645. The van der Waals surface area contributed by atoms with Gasteiger partial charge in [0.05, 0.1) is 0 Å². The molecule has 0 saturated carbocycles. The molecule has 0 spiro atoms. The number of carbonyl (C=O) groups is 1. The first kappa shape index (κ1) is 7.26. The normalized spacial score (nSPS) is 9.45. The van der Waals surface area contributed by atoms with Gasteiger partial charge in [0.1, 0.15) is 0 Å². The van der Waals surface area contributed by atoms with Crippen LogP contribution in [-0.4, -0.2) is 26.2 Å². The summed E-state index contributed by atoms with van der Waals surface area (Å²) in [6.45, 7) is 0. The lowest BCUT2D eigenvalue weighted by atomic mass is 10.6. The summed E-state index contributed by atoms with van der Waals surface area (Å²) in [5, 5.41) is 25.7. The van der Waals surface area contributed by atoms with Crippen molar-refractivity contribution in [1.29, 1.82) is 0 Å². The van der Waals surface area contributed by atoms with Crippen LogP contribution in [0.15, 0.2) is 12.1 Å². The minimum atomic E-state index is -1.62. The SMILES string of the molecule is O=C(O)On1c(O)ccc1O. The van der Waals surface area contributed by atoms with E-state index < -0.39 is 17.9 Å². The largest absolute Gasteiger partial charge is 0.531 e. The zero-order chi connectivity index (χ0) is 8.43. The highest BCUT2D eigenvalue weighted by Crippen LogP contribution is 2.18. The summed E-state index contributed by atoms with van der Waals surface area (Å²) in [5.74, 6) is -0.963. The van der Waals surface area contributed by atoms with Crippen LogP contribution in [-0.2, 0) is 0 Å². The molecule has 0 radical (unpaired) electrons. The Hall–Kier alpha value is -1.85. The molecule has 0 aliphatic heterocycles. The fourth-order valence-corrected chi connectivity index (χ4v) is 0.573. The second kappa shape index (κ2) is 2.41. The van der Waals surface area contributed by atoms with Gasteiger partial charge in [0.25, 0.3) is 0 Å². The maximum Gasteiger partial charge on any atom is 0.531 e. The van der Waals surface area contributed by atoms with E-state index in [4.69, 9.17) is 15.3 Å². The minimum Gasteiger partial charge on any atom is -0.492 e. The maximum atomic E-state index is 9.91. The second-order valence-corrected chi connectivity index (χ2v) is 1.70. The van der Waals surface area contributed by atoms with Crippen molar-refractivity contribution >= 4 is 6.16 Å². The lowest BCUT2D eigenvalue weighted by Gasteiger charge is -2.01. The van der Waals surface area contributed by atoms with Crippen LogP contribution in [0.1, 0.15) is 0 Å². The van der Waals surface area contributed by atoms with E-state index in [-0.39, 0.29) is 0 Å². The number of rotatable bonds is 1. The molecule has 1 aromatic heterocycles. The molecule has 0 unspecified atom stereocenters. The Morgan fingerprint density at radius 1 is 1.36 bits per heavy atom. The summed E-state index contributed by atoms with van der Waals surface area (Å²) >= 11 is 0. The van der Waals surface area contributed by atoms with E-state index in [0.29, 0.717) is 4.73 Å². The Morgan fingerprint density at radius 2 is 1.82 bits per heavy atom. The van der Waals surface area contributed by atoms with E-state index in [1.807, 2.05) is 0 Å². The molecule has 6 heteroatoms. The fourth-order valence-electron chi connectivity index (χ4n) is 0.573. The highest BCUT2D eigenvalue weighted by atomic mass is 16.8. The van der Waals surface area contributed by atoms with Gasteiger partial charge in [-0.15, -0.1) is 4.73 Å². The Balaban J connectivity index is 2.92. The molecule has 0 bridgehead atoms. The molecule has 1 rings (SSSR count). The highest BCUT2D eigenvalue weighted by Gasteiger charge is 2.09. The first-order chi connectivity index (χ1) is 5.11. The average Bonchev–Trinajstić information content (AvgIpc) is 2.18. The Kier molecular flexibility index (Phi) is 1.59. The van der Waals surface area contributed by atoms with Gasteiger partial charge < -0.3 is 15.3 Å². The molecule has 0 saturated heterocycles. The van der Waals surface area contributed by atoms with Gasteiger partial charge in [-0.25, -0.2) is 4.79 Å². The van der Waals surface area contributed by atoms with Crippen LogP contribution in [0, 0.1) is 0 Å². The van der Waals surface area contributed by atoms with Crippen molar-refractivity contribution in [2.45, 2.75) is 0 Å². The van der Waals surface area contributed by atoms with Gasteiger partial charge in [0.2, 0.25) is 11.8 Å². The first-order valence-electron chi connectivity index (χ1n) is 2.62. The molecule has 0 aliphatic carbocycles. The van der Waals surface area contributed by atoms with E-state index in [1.165, 1.54) is 0 Å². The van der Waals surface area contributed by atoms with Gasteiger partial charge in [-0.2, -0.15) is 0 Å². The molecular formula is C5H5NO5. The third kappa shape index (κ3) is 1.34. The first-order valence-corrected chi connectivity index (χ1v) is 2.62. The molecular weight excluding hydrogens is 154 g/mol. The van der Waals surface area contributed by atoms with Crippen molar-refractivity contribution in [2.75, 3.05) is 0 Å². The molecule has 11 heavy (non-hydrogen) atoms. The van der Waals surface area contributed by atoms with Crippen molar-refractivity contribution in [3.63, 3.8) is 0 Å². The van der Waals surface area contributed by atoms with Gasteiger partial charge in [0.15, 0.2) is 0 Å². The van der Waals surface area contributed by atoms with Crippen LogP contribution >= 0.6 is 0 Å². The third-order valence-corrected chi connectivity index (χ3v) is 0.967. The molecule has 60 valence electrons. The summed E-state index contributed by atoms with van der Waals surface area (Å²) < 4.78 is 0.377. The van der Waals surface area contributed by atoms with E-state index in [2.05, 4.69) is 4.84 Å². The number of aromatic hydroxyl groups is 2. The second-order valence-electron chi connectivity index (χ2n) is 1.70. The summed E-state index contributed by atoms with van der Waals surface area (Å²) in [7, 11) is 0. The zero-order valence-electron chi connectivity index (χ0n) is 5.26. The van der Waals surface area contributed by atoms with Gasteiger partial charge in [-0.3, -0.25) is 4.84 Å². The number of hydrogen-bond acceptors (Lipinski definition) is 4. The molecule has 3 N–H and O–H groups in total. The Labute approximate surface area is 60.8 Å². The number of carboxylic acid groups (broad SMARTS) is 1. The molecule has 0 atom stereocenters. The van der Waals surface area contributed by atoms with Crippen molar-refractivity contribution in [3.05, 3.63) is 12.1 Å². The van der Waals surface area contributed by atoms with Crippen LogP contribution in [0.2, 0.25) is 0 Å². The van der Waals surface area contributed by atoms with E-state index in [0.717, 1.165) is 12.1 Å². The summed E-state index contributed by atoms with van der Waals surface area (Å²) in [6.07, 6.45) is -1.62. The molecule has 1 aromatic rings. The fraction of sp³-hybridized carbons (Fsp3) is 0. The lowest BCUT2D eigenvalue weighted by Crippen LogP contribution is -2.16. The minimum absolute atomic E-state index is 0.377. The third-order valence-electron chi connectivity index (χ3n) is 0.967. The summed E-state index contributed by atoms with van der Waals surface area (Å²) in [4.78, 5) is 13.9. The summed E-state index contributed by atoms with van der Waals surface area (Å²) in [5.41, 5.74) is 0. The predicted octanol–water partition coefficient (Wildman–Crippen LogP) is 0.00590. The van der Waals surface area contributed by atoms with Crippen molar-refractivity contribution in [1.82, 2.24) is 4.73 Å². The monoisotopic (exact) mass is 159 g/mol. The van der Waals surface area contributed by atoms with Crippen molar-refractivity contribution < 1.29 is 25.0 Å². The quantitative estimate of drug-likeness (QED) is 0.536. The van der Waals surface area contributed by atoms with Crippen LogP contribution in [0.5, 0.6) is 11.8 Å². The molecule has 0 amide bonds. The highest BCUT2D eigenvalue weighted by molar-refractivity contribution is 5.57.